The molecule has 0 spiro atoms. The topological polar surface area (TPSA) is 94.2 Å². The number of benzene rings is 1. The standard InChI is InChI=1S/C19H19N5O3/c1-12(2)26-15-5-3-13(4-6-15)19(25)24-10-14(11-24)18-22-17(23-27-18)16-9-20-7-8-21-16/h3-9,12,14H,10-11H2,1-2H3. The van der Waals surface area contributed by atoms with Crippen molar-refractivity contribution in [2.75, 3.05) is 13.1 Å². The molecule has 1 amide bonds. The van der Waals surface area contributed by atoms with Crippen LogP contribution in [0.1, 0.15) is 36.0 Å². The number of aromatic nitrogens is 4. The first-order valence-corrected chi connectivity index (χ1v) is 8.76. The Bertz CT molecular complexity index is 918. The molecule has 1 saturated heterocycles. The third-order valence-corrected chi connectivity index (χ3v) is 4.23. The number of ether oxygens (including phenoxy) is 1. The summed E-state index contributed by atoms with van der Waals surface area (Å²) in [6.45, 7) is 5.02. The molecule has 4 rings (SSSR count). The molecule has 8 nitrogen and oxygen atoms in total. The van der Waals surface area contributed by atoms with E-state index in [0.717, 1.165) is 5.75 Å². The molecular weight excluding hydrogens is 346 g/mol. The minimum Gasteiger partial charge on any atom is -0.491 e. The fraction of sp³-hybridized carbons (Fsp3) is 0.316. The Hall–Kier alpha value is -3.29. The quantitative estimate of drug-likeness (QED) is 0.686. The fourth-order valence-electron chi connectivity index (χ4n) is 2.85. The second-order valence-electron chi connectivity index (χ2n) is 6.64. The van der Waals surface area contributed by atoms with Crippen molar-refractivity contribution in [2.24, 2.45) is 0 Å². The van der Waals surface area contributed by atoms with Crippen molar-refractivity contribution in [3.8, 4) is 17.3 Å². The first kappa shape index (κ1) is 17.1. The Balaban J connectivity index is 1.36. The molecule has 0 unspecified atom stereocenters. The Morgan fingerprint density at radius 2 is 2.00 bits per heavy atom. The maximum Gasteiger partial charge on any atom is 0.253 e. The molecule has 2 aromatic heterocycles. The van der Waals surface area contributed by atoms with Crippen LogP contribution in [0.25, 0.3) is 11.5 Å². The predicted octanol–water partition coefficient (Wildman–Crippen LogP) is 2.55. The van der Waals surface area contributed by atoms with E-state index in [4.69, 9.17) is 9.26 Å². The molecule has 3 aromatic rings. The number of hydrogen-bond donors (Lipinski definition) is 0. The number of amides is 1. The number of hydrogen-bond acceptors (Lipinski definition) is 7. The number of rotatable bonds is 5. The largest absolute Gasteiger partial charge is 0.491 e. The zero-order chi connectivity index (χ0) is 18.8. The maximum absolute atomic E-state index is 12.6. The highest BCUT2D eigenvalue weighted by molar-refractivity contribution is 5.95. The van der Waals surface area contributed by atoms with Gasteiger partial charge < -0.3 is 14.2 Å². The summed E-state index contributed by atoms with van der Waals surface area (Å²) >= 11 is 0. The molecule has 0 radical (unpaired) electrons. The molecule has 1 aliphatic rings. The number of carbonyl (C=O) groups is 1. The molecule has 0 N–H and O–H groups in total. The SMILES string of the molecule is CC(C)Oc1ccc(C(=O)N2CC(c3nc(-c4cnccn4)no3)C2)cc1. The predicted molar refractivity (Wildman–Crippen MR) is 96.2 cm³/mol. The second kappa shape index (κ2) is 7.14. The van der Waals surface area contributed by atoms with Crippen LogP contribution in [0.2, 0.25) is 0 Å². The van der Waals surface area contributed by atoms with Crippen LogP contribution in [0.4, 0.5) is 0 Å². The van der Waals surface area contributed by atoms with Gasteiger partial charge in [0.05, 0.1) is 18.2 Å². The summed E-state index contributed by atoms with van der Waals surface area (Å²) in [5.74, 6) is 1.70. The Morgan fingerprint density at radius 3 is 2.67 bits per heavy atom. The van der Waals surface area contributed by atoms with Gasteiger partial charge in [-0.3, -0.25) is 9.78 Å². The van der Waals surface area contributed by atoms with Gasteiger partial charge >= 0.3 is 0 Å². The highest BCUT2D eigenvalue weighted by Crippen LogP contribution is 2.28. The number of likely N-dealkylation sites (tertiary alicyclic amines) is 1. The van der Waals surface area contributed by atoms with Crippen molar-refractivity contribution in [1.29, 1.82) is 0 Å². The summed E-state index contributed by atoms with van der Waals surface area (Å²) in [6.07, 6.45) is 4.84. The molecule has 27 heavy (non-hydrogen) atoms. The van der Waals surface area contributed by atoms with Crippen LogP contribution in [0.3, 0.4) is 0 Å². The molecule has 0 aliphatic carbocycles. The molecule has 0 bridgehead atoms. The molecule has 0 atom stereocenters. The highest BCUT2D eigenvalue weighted by atomic mass is 16.5. The van der Waals surface area contributed by atoms with E-state index >= 15 is 0 Å². The lowest BCUT2D eigenvalue weighted by Crippen LogP contribution is -2.48. The van der Waals surface area contributed by atoms with E-state index < -0.39 is 0 Å². The van der Waals surface area contributed by atoms with Crippen molar-refractivity contribution in [3.05, 3.63) is 54.3 Å². The zero-order valence-electron chi connectivity index (χ0n) is 15.1. The molecule has 3 heterocycles. The summed E-state index contributed by atoms with van der Waals surface area (Å²) in [7, 11) is 0. The van der Waals surface area contributed by atoms with E-state index in [1.54, 1.807) is 35.6 Å². The summed E-state index contributed by atoms with van der Waals surface area (Å²) in [4.78, 5) is 26.8. The summed E-state index contributed by atoms with van der Waals surface area (Å²) in [6, 6.07) is 7.20. The summed E-state index contributed by atoms with van der Waals surface area (Å²) in [5, 5.41) is 3.94. The van der Waals surface area contributed by atoms with Crippen molar-refractivity contribution < 1.29 is 14.1 Å². The number of nitrogens with zero attached hydrogens (tertiary/aromatic N) is 5. The van der Waals surface area contributed by atoms with Gasteiger partial charge in [0.15, 0.2) is 0 Å². The van der Waals surface area contributed by atoms with Crippen molar-refractivity contribution in [2.45, 2.75) is 25.9 Å². The average Bonchev–Trinajstić information content (AvgIpc) is 3.11. The van der Waals surface area contributed by atoms with Gasteiger partial charge in [0, 0.05) is 31.0 Å². The molecule has 8 heteroatoms. The van der Waals surface area contributed by atoms with Crippen molar-refractivity contribution in [3.63, 3.8) is 0 Å². The van der Waals surface area contributed by atoms with E-state index in [-0.39, 0.29) is 17.9 Å². The minimum atomic E-state index is -0.0176. The number of carbonyl (C=O) groups excluding carboxylic acids is 1. The molecule has 1 fully saturated rings. The molecule has 1 aromatic carbocycles. The highest BCUT2D eigenvalue weighted by Gasteiger charge is 2.36. The van der Waals surface area contributed by atoms with Gasteiger partial charge in [-0.2, -0.15) is 4.98 Å². The Morgan fingerprint density at radius 1 is 1.22 bits per heavy atom. The van der Waals surface area contributed by atoms with Gasteiger partial charge in [0.1, 0.15) is 11.4 Å². The van der Waals surface area contributed by atoms with Gasteiger partial charge in [-0.1, -0.05) is 5.16 Å². The zero-order valence-corrected chi connectivity index (χ0v) is 15.1. The van der Waals surface area contributed by atoms with Gasteiger partial charge in [-0.05, 0) is 38.1 Å². The molecule has 138 valence electrons. The van der Waals surface area contributed by atoms with E-state index in [1.165, 1.54) is 0 Å². The first-order valence-electron chi connectivity index (χ1n) is 8.76. The normalized spacial score (nSPS) is 14.3. The summed E-state index contributed by atoms with van der Waals surface area (Å²) in [5.41, 5.74) is 1.19. The fourth-order valence-corrected chi connectivity index (χ4v) is 2.85. The molecule has 1 aliphatic heterocycles. The third kappa shape index (κ3) is 3.64. The molecule has 0 saturated carbocycles. The van der Waals surface area contributed by atoms with Crippen LogP contribution in [-0.2, 0) is 0 Å². The van der Waals surface area contributed by atoms with E-state index in [0.29, 0.717) is 36.1 Å². The van der Waals surface area contributed by atoms with Crippen LogP contribution in [0.15, 0.2) is 47.4 Å². The Kier molecular flexibility index (Phi) is 4.53. The minimum absolute atomic E-state index is 0.0176. The van der Waals surface area contributed by atoms with Crippen LogP contribution < -0.4 is 4.74 Å². The second-order valence-corrected chi connectivity index (χ2v) is 6.64. The average molecular weight is 365 g/mol. The lowest BCUT2D eigenvalue weighted by Gasteiger charge is -2.37. The third-order valence-electron chi connectivity index (χ3n) is 4.23. The lowest BCUT2D eigenvalue weighted by molar-refractivity contribution is 0.0569. The van der Waals surface area contributed by atoms with Crippen LogP contribution in [-0.4, -0.2) is 50.1 Å². The van der Waals surface area contributed by atoms with Gasteiger partial charge in [-0.15, -0.1) is 0 Å². The monoisotopic (exact) mass is 365 g/mol. The lowest BCUT2D eigenvalue weighted by atomic mass is 9.98. The maximum atomic E-state index is 12.6. The van der Waals surface area contributed by atoms with Crippen LogP contribution in [0.5, 0.6) is 5.75 Å². The van der Waals surface area contributed by atoms with Crippen molar-refractivity contribution in [1.82, 2.24) is 25.0 Å². The summed E-state index contributed by atoms with van der Waals surface area (Å²) < 4.78 is 10.9. The van der Waals surface area contributed by atoms with E-state index in [1.807, 2.05) is 26.0 Å². The van der Waals surface area contributed by atoms with Crippen molar-refractivity contribution >= 4 is 5.91 Å². The van der Waals surface area contributed by atoms with Crippen LogP contribution >= 0.6 is 0 Å². The van der Waals surface area contributed by atoms with Gasteiger partial charge in [0.25, 0.3) is 5.91 Å². The van der Waals surface area contributed by atoms with Crippen LogP contribution in [0, 0.1) is 0 Å². The van der Waals surface area contributed by atoms with E-state index in [9.17, 15) is 4.79 Å². The molecular formula is C19H19N5O3. The van der Waals surface area contributed by atoms with Gasteiger partial charge in [0.2, 0.25) is 11.7 Å². The Labute approximate surface area is 156 Å². The smallest absolute Gasteiger partial charge is 0.253 e. The van der Waals surface area contributed by atoms with E-state index in [2.05, 4.69) is 20.1 Å². The van der Waals surface area contributed by atoms with Gasteiger partial charge in [-0.25, -0.2) is 4.98 Å². The first-order chi connectivity index (χ1) is 13.1.